The number of rotatable bonds is 6. The van der Waals surface area contributed by atoms with Crippen LogP contribution in [0.3, 0.4) is 0 Å². The van der Waals surface area contributed by atoms with Crippen LogP contribution >= 0.6 is 0 Å². The predicted octanol–water partition coefficient (Wildman–Crippen LogP) is 5.99. The number of halogens is 3. The van der Waals surface area contributed by atoms with E-state index in [0.717, 1.165) is 36.5 Å². The second-order valence-electron chi connectivity index (χ2n) is 7.60. The molecule has 1 fully saturated rings. The smallest absolute Gasteiger partial charge is 0.487 e. The van der Waals surface area contributed by atoms with Crippen LogP contribution in [0.2, 0.25) is 0 Å². The molecule has 1 saturated carbocycles. The van der Waals surface area contributed by atoms with E-state index >= 15 is 0 Å². The number of hydrogen-bond donors (Lipinski definition) is 1. The van der Waals surface area contributed by atoms with Gasteiger partial charge in [0, 0.05) is 11.4 Å². The summed E-state index contributed by atoms with van der Waals surface area (Å²) in [5.41, 5.74) is 1.10. The molecule has 0 bridgehead atoms. The van der Waals surface area contributed by atoms with Crippen molar-refractivity contribution in [1.29, 1.82) is 0 Å². The molecule has 1 aliphatic carbocycles. The number of alkyl halides is 3. The Hall–Kier alpha value is -3.22. The van der Waals surface area contributed by atoms with Gasteiger partial charge in [-0.25, -0.2) is 0 Å². The number of amides is 1. The average Bonchev–Trinajstić information content (AvgIpc) is 3.25. The topological polar surface area (TPSA) is 47.6 Å². The molecule has 162 valence electrons. The molecule has 1 amide bonds. The zero-order valence-electron chi connectivity index (χ0n) is 16.7. The van der Waals surface area contributed by atoms with Crippen LogP contribution in [0.25, 0.3) is 10.8 Å². The molecule has 1 aliphatic rings. The van der Waals surface area contributed by atoms with Gasteiger partial charge in [0.2, 0.25) is 0 Å². The monoisotopic (exact) mass is 429 g/mol. The summed E-state index contributed by atoms with van der Waals surface area (Å²) in [4.78, 5) is 12.9. The van der Waals surface area contributed by atoms with Crippen LogP contribution in [-0.4, -0.2) is 18.3 Å². The molecule has 31 heavy (non-hydrogen) atoms. The van der Waals surface area contributed by atoms with Gasteiger partial charge in [-0.1, -0.05) is 55.3 Å². The average molecular weight is 429 g/mol. The standard InChI is InChI=1S/C24H22F3NO3/c25-24(26,27)31-19-12-9-16(10-13-19)15-30-22-20-8-4-1-5-17(20)11-14-21(22)23(29)28-18-6-2-3-7-18/h1,4-5,8-14,18H,2-3,6-7,15H2,(H,28,29). The molecule has 3 aromatic rings. The Balaban J connectivity index is 1.56. The molecule has 0 aromatic heterocycles. The SMILES string of the molecule is O=C(NC1CCCC1)c1ccc2ccccc2c1OCc1ccc(OC(F)(F)F)cc1. The third-order valence-corrected chi connectivity index (χ3v) is 5.35. The van der Waals surface area contributed by atoms with E-state index in [4.69, 9.17) is 4.74 Å². The molecule has 0 heterocycles. The third kappa shape index (κ3) is 5.29. The van der Waals surface area contributed by atoms with E-state index in [1.54, 1.807) is 6.07 Å². The molecule has 0 aliphatic heterocycles. The first kappa shape index (κ1) is 21.0. The summed E-state index contributed by atoms with van der Waals surface area (Å²) in [6, 6.07) is 16.9. The van der Waals surface area contributed by atoms with Crippen molar-refractivity contribution in [3.8, 4) is 11.5 Å². The van der Waals surface area contributed by atoms with Crippen LogP contribution in [0.15, 0.2) is 60.7 Å². The number of benzene rings is 3. The van der Waals surface area contributed by atoms with Gasteiger partial charge in [-0.15, -0.1) is 13.2 Å². The van der Waals surface area contributed by atoms with Gasteiger partial charge in [-0.3, -0.25) is 4.79 Å². The van der Waals surface area contributed by atoms with Crippen LogP contribution < -0.4 is 14.8 Å². The van der Waals surface area contributed by atoms with Crippen molar-refractivity contribution in [1.82, 2.24) is 5.32 Å². The fraction of sp³-hybridized carbons (Fsp3) is 0.292. The molecule has 0 atom stereocenters. The second-order valence-corrected chi connectivity index (χ2v) is 7.60. The van der Waals surface area contributed by atoms with Crippen molar-refractivity contribution in [2.24, 2.45) is 0 Å². The number of carbonyl (C=O) groups excluding carboxylic acids is 1. The van der Waals surface area contributed by atoms with Crippen molar-refractivity contribution in [3.63, 3.8) is 0 Å². The van der Waals surface area contributed by atoms with Crippen LogP contribution in [0, 0.1) is 0 Å². The van der Waals surface area contributed by atoms with Gasteiger partial charge in [0.15, 0.2) is 0 Å². The number of fused-ring (bicyclic) bond motifs is 1. The lowest BCUT2D eigenvalue weighted by molar-refractivity contribution is -0.274. The Morgan fingerprint density at radius 2 is 1.68 bits per heavy atom. The van der Waals surface area contributed by atoms with E-state index in [1.165, 1.54) is 24.3 Å². The van der Waals surface area contributed by atoms with Crippen LogP contribution in [0.5, 0.6) is 11.5 Å². The van der Waals surface area contributed by atoms with Crippen LogP contribution in [0.4, 0.5) is 13.2 Å². The normalized spacial score (nSPS) is 14.5. The van der Waals surface area contributed by atoms with Crippen molar-refractivity contribution in [2.45, 2.75) is 44.7 Å². The van der Waals surface area contributed by atoms with E-state index in [1.807, 2.05) is 30.3 Å². The number of carbonyl (C=O) groups is 1. The fourth-order valence-corrected chi connectivity index (χ4v) is 3.85. The lowest BCUT2D eigenvalue weighted by Gasteiger charge is -2.17. The van der Waals surface area contributed by atoms with E-state index in [2.05, 4.69) is 10.1 Å². The highest BCUT2D eigenvalue weighted by atomic mass is 19.4. The molecule has 0 saturated heterocycles. The van der Waals surface area contributed by atoms with Gasteiger partial charge < -0.3 is 14.8 Å². The highest BCUT2D eigenvalue weighted by Gasteiger charge is 2.31. The molecule has 7 heteroatoms. The Kier molecular flexibility index (Phi) is 6.02. The Morgan fingerprint density at radius 1 is 0.968 bits per heavy atom. The largest absolute Gasteiger partial charge is 0.573 e. The zero-order valence-corrected chi connectivity index (χ0v) is 16.7. The van der Waals surface area contributed by atoms with Crippen LogP contribution in [0.1, 0.15) is 41.6 Å². The minimum Gasteiger partial charge on any atom is -0.487 e. The summed E-state index contributed by atoms with van der Waals surface area (Å²) < 4.78 is 47.0. The first-order chi connectivity index (χ1) is 14.9. The Labute approximate surface area is 178 Å². The van der Waals surface area contributed by atoms with Crippen molar-refractivity contribution < 1.29 is 27.4 Å². The summed E-state index contributed by atoms with van der Waals surface area (Å²) in [6.07, 6.45) is -0.563. The minimum absolute atomic E-state index is 0.101. The molecule has 4 nitrogen and oxygen atoms in total. The first-order valence-corrected chi connectivity index (χ1v) is 10.2. The summed E-state index contributed by atoms with van der Waals surface area (Å²) in [6.45, 7) is 0.101. The maximum atomic E-state index is 12.9. The lowest BCUT2D eigenvalue weighted by Crippen LogP contribution is -2.32. The predicted molar refractivity (Wildman–Crippen MR) is 111 cm³/mol. The van der Waals surface area contributed by atoms with Gasteiger partial charge in [-0.05, 0) is 42.0 Å². The van der Waals surface area contributed by atoms with Crippen LogP contribution in [-0.2, 0) is 6.61 Å². The molecule has 0 radical (unpaired) electrons. The quantitative estimate of drug-likeness (QED) is 0.524. The van der Waals surface area contributed by atoms with E-state index in [0.29, 0.717) is 16.9 Å². The number of hydrogen-bond acceptors (Lipinski definition) is 3. The lowest BCUT2D eigenvalue weighted by atomic mass is 10.0. The molecular formula is C24H22F3NO3. The number of nitrogens with one attached hydrogen (secondary N) is 1. The van der Waals surface area contributed by atoms with E-state index < -0.39 is 6.36 Å². The summed E-state index contributed by atoms with van der Waals surface area (Å²) >= 11 is 0. The summed E-state index contributed by atoms with van der Waals surface area (Å²) in [5.74, 6) is -0.0103. The summed E-state index contributed by atoms with van der Waals surface area (Å²) in [7, 11) is 0. The van der Waals surface area contributed by atoms with Gasteiger partial charge in [0.05, 0.1) is 5.56 Å². The zero-order chi connectivity index (χ0) is 21.8. The molecule has 1 N–H and O–H groups in total. The maximum absolute atomic E-state index is 12.9. The highest BCUT2D eigenvalue weighted by Crippen LogP contribution is 2.32. The van der Waals surface area contributed by atoms with Gasteiger partial charge in [-0.2, -0.15) is 0 Å². The fourth-order valence-electron chi connectivity index (χ4n) is 3.85. The highest BCUT2D eigenvalue weighted by molar-refractivity contribution is 6.04. The Morgan fingerprint density at radius 3 is 2.39 bits per heavy atom. The maximum Gasteiger partial charge on any atom is 0.573 e. The molecule has 4 rings (SSSR count). The van der Waals surface area contributed by atoms with Gasteiger partial charge in [0.25, 0.3) is 5.91 Å². The van der Waals surface area contributed by atoms with Crippen molar-refractivity contribution in [2.75, 3.05) is 0 Å². The molecule has 0 spiro atoms. The van der Waals surface area contributed by atoms with E-state index in [-0.39, 0.29) is 24.3 Å². The second kappa shape index (κ2) is 8.88. The minimum atomic E-state index is -4.73. The van der Waals surface area contributed by atoms with Gasteiger partial charge in [0.1, 0.15) is 18.1 Å². The Bertz CT molecular complexity index is 1060. The third-order valence-electron chi connectivity index (χ3n) is 5.35. The van der Waals surface area contributed by atoms with Crippen molar-refractivity contribution in [3.05, 3.63) is 71.8 Å². The van der Waals surface area contributed by atoms with Gasteiger partial charge >= 0.3 is 6.36 Å². The molecule has 3 aromatic carbocycles. The molecular weight excluding hydrogens is 407 g/mol. The van der Waals surface area contributed by atoms with Crippen molar-refractivity contribution >= 4 is 16.7 Å². The van der Waals surface area contributed by atoms with E-state index in [9.17, 15) is 18.0 Å². The number of ether oxygens (including phenoxy) is 2. The molecule has 0 unspecified atom stereocenters. The summed E-state index contributed by atoms with van der Waals surface area (Å²) in [5, 5.41) is 4.82. The first-order valence-electron chi connectivity index (χ1n) is 10.2.